The van der Waals surface area contributed by atoms with Gasteiger partial charge in [-0.15, -0.1) is 0 Å². The molecule has 0 N–H and O–H groups in total. The SMILES string of the molecule is O=C(OCc1ccccc1)N1CC[C@@H]2C[C@@H]1c1cc(-c3ccccc3)ccc12. The maximum Gasteiger partial charge on any atom is 0.410 e. The zero-order valence-electron chi connectivity index (χ0n) is 15.8. The minimum absolute atomic E-state index is 0.126. The Morgan fingerprint density at radius 1 is 0.893 bits per heavy atom. The van der Waals surface area contributed by atoms with Crippen LogP contribution in [-0.4, -0.2) is 17.5 Å². The second kappa shape index (κ2) is 7.16. The average Bonchev–Trinajstić information content (AvgIpc) is 3.05. The molecule has 3 heteroatoms. The van der Waals surface area contributed by atoms with Gasteiger partial charge in [0.15, 0.2) is 0 Å². The molecule has 1 heterocycles. The largest absolute Gasteiger partial charge is 0.445 e. The molecule has 140 valence electrons. The molecule has 1 aliphatic heterocycles. The second-order valence-electron chi connectivity index (χ2n) is 7.68. The molecule has 0 saturated carbocycles. The number of hydrogen-bond acceptors (Lipinski definition) is 2. The molecule has 1 fully saturated rings. The Kier molecular flexibility index (Phi) is 4.36. The van der Waals surface area contributed by atoms with Gasteiger partial charge in [-0.05, 0) is 52.6 Å². The van der Waals surface area contributed by atoms with Crippen LogP contribution in [0.2, 0.25) is 0 Å². The predicted octanol–water partition coefficient (Wildman–Crippen LogP) is 5.92. The number of ether oxygens (including phenoxy) is 1. The van der Waals surface area contributed by atoms with E-state index in [0.717, 1.165) is 24.9 Å². The second-order valence-corrected chi connectivity index (χ2v) is 7.68. The highest BCUT2D eigenvalue weighted by molar-refractivity contribution is 5.71. The van der Waals surface area contributed by atoms with Crippen LogP contribution in [0.15, 0.2) is 78.9 Å². The lowest BCUT2D eigenvalue weighted by Crippen LogP contribution is -2.37. The molecule has 0 spiro atoms. The van der Waals surface area contributed by atoms with Crippen molar-refractivity contribution in [2.75, 3.05) is 6.54 Å². The van der Waals surface area contributed by atoms with Crippen LogP contribution >= 0.6 is 0 Å². The summed E-state index contributed by atoms with van der Waals surface area (Å²) in [6.07, 6.45) is 1.81. The van der Waals surface area contributed by atoms with E-state index < -0.39 is 0 Å². The first-order valence-corrected chi connectivity index (χ1v) is 9.96. The van der Waals surface area contributed by atoms with Crippen LogP contribution in [0, 0.1) is 0 Å². The molecule has 1 amide bonds. The summed E-state index contributed by atoms with van der Waals surface area (Å²) in [5, 5.41) is 0. The number of amides is 1. The maximum atomic E-state index is 12.8. The molecule has 2 bridgehead atoms. The molecular weight excluding hydrogens is 346 g/mol. The first-order valence-electron chi connectivity index (χ1n) is 9.96. The lowest BCUT2D eigenvalue weighted by atomic mass is 9.95. The van der Waals surface area contributed by atoms with E-state index in [2.05, 4.69) is 42.5 Å². The van der Waals surface area contributed by atoms with Crippen molar-refractivity contribution in [2.45, 2.75) is 31.4 Å². The monoisotopic (exact) mass is 369 g/mol. The zero-order chi connectivity index (χ0) is 18.9. The summed E-state index contributed by atoms with van der Waals surface area (Å²) in [6.45, 7) is 1.08. The van der Waals surface area contributed by atoms with Crippen molar-refractivity contribution in [1.82, 2.24) is 4.90 Å². The highest BCUT2D eigenvalue weighted by atomic mass is 16.6. The molecule has 3 aromatic rings. The molecule has 3 aromatic carbocycles. The first-order chi connectivity index (χ1) is 13.8. The van der Waals surface area contributed by atoms with Gasteiger partial charge in [-0.3, -0.25) is 0 Å². The summed E-state index contributed by atoms with van der Waals surface area (Å²) in [7, 11) is 0. The summed E-state index contributed by atoms with van der Waals surface area (Å²) in [6, 6.07) is 27.2. The summed E-state index contributed by atoms with van der Waals surface area (Å²) in [4.78, 5) is 14.8. The summed E-state index contributed by atoms with van der Waals surface area (Å²) < 4.78 is 5.64. The normalized spacial score (nSPS) is 19.9. The van der Waals surface area contributed by atoms with Gasteiger partial charge in [0.2, 0.25) is 0 Å². The molecule has 3 nitrogen and oxygen atoms in total. The van der Waals surface area contributed by atoms with Crippen LogP contribution < -0.4 is 0 Å². The van der Waals surface area contributed by atoms with Gasteiger partial charge in [0.25, 0.3) is 0 Å². The highest BCUT2D eigenvalue weighted by Crippen LogP contribution is 2.49. The number of fused-ring (bicyclic) bond motifs is 5. The van der Waals surface area contributed by atoms with Crippen LogP contribution in [0.3, 0.4) is 0 Å². The topological polar surface area (TPSA) is 29.5 Å². The van der Waals surface area contributed by atoms with Crippen molar-refractivity contribution in [3.8, 4) is 11.1 Å². The number of nitrogens with zero attached hydrogens (tertiary/aromatic N) is 1. The molecule has 28 heavy (non-hydrogen) atoms. The van der Waals surface area contributed by atoms with E-state index in [1.54, 1.807) is 0 Å². The number of rotatable bonds is 3. The molecule has 1 aliphatic carbocycles. The fourth-order valence-electron chi connectivity index (χ4n) is 4.61. The van der Waals surface area contributed by atoms with Crippen molar-refractivity contribution < 1.29 is 9.53 Å². The van der Waals surface area contributed by atoms with E-state index in [-0.39, 0.29) is 12.1 Å². The fraction of sp³-hybridized carbons (Fsp3) is 0.240. The quantitative estimate of drug-likeness (QED) is 0.573. The lowest BCUT2D eigenvalue weighted by molar-refractivity contribution is 0.0694. The summed E-state index contributed by atoms with van der Waals surface area (Å²) in [5.74, 6) is 0.558. The fourth-order valence-corrected chi connectivity index (χ4v) is 4.61. The Morgan fingerprint density at radius 3 is 2.43 bits per heavy atom. The van der Waals surface area contributed by atoms with E-state index >= 15 is 0 Å². The van der Waals surface area contributed by atoms with E-state index in [1.165, 1.54) is 22.3 Å². The maximum absolute atomic E-state index is 12.8. The van der Waals surface area contributed by atoms with Gasteiger partial charge < -0.3 is 9.64 Å². The predicted molar refractivity (Wildman–Crippen MR) is 110 cm³/mol. The molecule has 0 radical (unpaired) electrons. The molecule has 5 rings (SSSR count). The zero-order valence-corrected chi connectivity index (χ0v) is 15.8. The number of carbonyl (C=O) groups excluding carboxylic acids is 1. The summed E-state index contributed by atoms with van der Waals surface area (Å²) in [5.41, 5.74) is 6.14. The lowest BCUT2D eigenvalue weighted by Gasteiger charge is -2.33. The number of hydrogen-bond donors (Lipinski definition) is 0. The molecule has 0 aromatic heterocycles. The number of likely N-dealkylation sites (tertiary alicyclic amines) is 1. The van der Waals surface area contributed by atoms with Gasteiger partial charge in [-0.1, -0.05) is 72.8 Å². The van der Waals surface area contributed by atoms with Gasteiger partial charge in [0, 0.05) is 6.54 Å². The van der Waals surface area contributed by atoms with Gasteiger partial charge in [0.05, 0.1) is 6.04 Å². The van der Waals surface area contributed by atoms with Crippen molar-refractivity contribution >= 4 is 6.09 Å². The van der Waals surface area contributed by atoms with Crippen LogP contribution in [0.5, 0.6) is 0 Å². The number of carbonyl (C=O) groups is 1. The van der Waals surface area contributed by atoms with Gasteiger partial charge in [0.1, 0.15) is 6.61 Å². The van der Waals surface area contributed by atoms with Gasteiger partial charge in [-0.25, -0.2) is 4.79 Å². The first kappa shape index (κ1) is 17.1. The number of benzene rings is 3. The van der Waals surface area contributed by atoms with E-state index in [1.807, 2.05) is 41.3 Å². The molecule has 2 atom stereocenters. The van der Waals surface area contributed by atoms with E-state index in [0.29, 0.717) is 12.5 Å². The Hall–Kier alpha value is -3.07. The van der Waals surface area contributed by atoms with Crippen molar-refractivity contribution in [3.63, 3.8) is 0 Å². The van der Waals surface area contributed by atoms with Crippen molar-refractivity contribution in [1.29, 1.82) is 0 Å². The van der Waals surface area contributed by atoms with Crippen LogP contribution in [0.25, 0.3) is 11.1 Å². The Morgan fingerprint density at radius 2 is 1.64 bits per heavy atom. The van der Waals surface area contributed by atoms with E-state index in [9.17, 15) is 4.79 Å². The third-order valence-corrected chi connectivity index (χ3v) is 6.03. The number of piperidine rings is 1. The van der Waals surface area contributed by atoms with Gasteiger partial charge >= 0.3 is 6.09 Å². The minimum atomic E-state index is -0.203. The van der Waals surface area contributed by atoms with Gasteiger partial charge in [-0.2, -0.15) is 0 Å². The third kappa shape index (κ3) is 3.07. The Balaban J connectivity index is 1.38. The smallest absolute Gasteiger partial charge is 0.410 e. The Bertz CT molecular complexity index is 984. The minimum Gasteiger partial charge on any atom is -0.445 e. The standard InChI is InChI=1S/C25H23NO2/c27-25(28-17-18-7-3-1-4-8-18)26-14-13-21-16-24(26)23-15-20(11-12-22(21)23)19-9-5-2-6-10-19/h1-12,15,21,24H,13-14,16-17H2/t21-,24-/m1/s1. The molecule has 2 aliphatic rings. The molecule has 0 unspecified atom stereocenters. The van der Waals surface area contributed by atoms with Crippen molar-refractivity contribution in [2.24, 2.45) is 0 Å². The summed E-state index contributed by atoms with van der Waals surface area (Å²) >= 11 is 0. The van der Waals surface area contributed by atoms with E-state index in [4.69, 9.17) is 4.74 Å². The van der Waals surface area contributed by atoms with Crippen LogP contribution in [-0.2, 0) is 11.3 Å². The van der Waals surface area contributed by atoms with Crippen LogP contribution in [0.1, 0.15) is 41.5 Å². The third-order valence-electron chi connectivity index (χ3n) is 6.03. The average molecular weight is 369 g/mol. The Labute approximate surface area is 165 Å². The highest BCUT2D eigenvalue weighted by Gasteiger charge is 2.41. The van der Waals surface area contributed by atoms with Crippen molar-refractivity contribution in [3.05, 3.63) is 95.6 Å². The van der Waals surface area contributed by atoms with Crippen LogP contribution in [0.4, 0.5) is 4.79 Å². The molecular formula is C25H23NO2. The molecule has 1 saturated heterocycles.